The van der Waals surface area contributed by atoms with E-state index in [9.17, 15) is 23.5 Å². The van der Waals surface area contributed by atoms with E-state index in [2.05, 4.69) is 0 Å². The minimum absolute atomic E-state index is 0.0331. The van der Waals surface area contributed by atoms with Gasteiger partial charge in [0.2, 0.25) is 0 Å². The number of aliphatic hydroxyl groups is 1. The number of aliphatic hydroxyl groups excluding tert-OH is 1. The second kappa shape index (κ2) is 9.81. The van der Waals surface area contributed by atoms with Crippen LogP contribution in [0.2, 0.25) is 0 Å². The summed E-state index contributed by atoms with van der Waals surface area (Å²) < 4.78 is 38.9. The second-order valence-corrected chi connectivity index (χ2v) is 8.44. The summed E-state index contributed by atoms with van der Waals surface area (Å²) in [4.78, 5) is 27.7. The summed E-state index contributed by atoms with van der Waals surface area (Å²) in [6, 6.07) is 12.0. The summed E-state index contributed by atoms with van der Waals surface area (Å²) in [6.07, 6.45) is 0. The highest BCUT2D eigenvalue weighted by atomic mass is 19.2. The van der Waals surface area contributed by atoms with Gasteiger partial charge in [0.25, 0.3) is 11.7 Å². The number of carbonyl (C=O) groups is 2. The van der Waals surface area contributed by atoms with Gasteiger partial charge in [0, 0.05) is 11.8 Å². The van der Waals surface area contributed by atoms with Gasteiger partial charge in [-0.05, 0) is 67.8 Å². The Kier molecular flexibility index (Phi) is 6.79. The lowest BCUT2D eigenvalue weighted by molar-refractivity contribution is -0.132. The van der Waals surface area contributed by atoms with Crippen LogP contribution in [0.25, 0.3) is 5.76 Å². The molecule has 1 aliphatic rings. The molecule has 0 aromatic heterocycles. The first-order valence-corrected chi connectivity index (χ1v) is 11.3. The minimum atomic E-state index is -1.17. The molecule has 0 bridgehead atoms. The molecule has 0 saturated carbocycles. The SMILES string of the molecule is CCOc1cccc(C2/C(=C(\O)c3cc(C)cc(C)c3OC)C(=O)C(=O)N2c2ccc(F)c(F)c2)c1. The number of carbonyl (C=O) groups excluding carboxylic acids is 2. The van der Waals surface area contributed by atoms with Crippen LogP contribution in [0, 0.1) is 25.5 Å². The Hall–Kier alpha value is -4.20. The van der Waals surface area contributed by atoms with Crippen molar-refractivity contribution in [2.24, 2.45) is 0 Å². The zero-order chi connectivity index (χ0) is 26.1. The number of benzene rings is 3. The maximum Gasteiger partial charge on any atom is 0.300 e. The molecule has 1 atom stereocenters. The molecule has 4 rings (SSSR count). The van der Waals surface area contributed by atoms with Crippen molar-refractivity contribution in [1.82, 2.24) is 0 Å². The van der Waals surface area contributed by atoms with Crippen LogP contribution in [-0.2, 0) is 9.59 Å². The van der Waals surface area contributed by atoms with E-state index in [1.165, 1.54) is 13.2 Å². The Morgan fingerprint density at radius 3 is 2.44 bits per heavy atom. The fourth-order valence-electron chi connectivity index (χ4n) is 4.54. The van der Waals surface area contributed by atoms with Crippen LogP contribution in [0.4, 0.5) is 14.5 Å². The summed E-state index contributed by atoms with van der Waals surface area (Å²) in [5, 5.41) is 11.5. The van der Waals surface area contributed by atoms with E-state index in [4.69, 9.17) is 9.47 Å². The van der Waals surface area contributed by atoms with E-state index in [0.717, 1.165) is 28.2 Å². The van der Waals surface area contributed by atoms with Gasteiger partial charge < -0.3 is 14.6 Å². The van der Waals surface area contributed by atoms with Crippen LogP contribution in [0.5, 0.6) is 11.5 Å². The van der Waals surface area contributed by atoms with Crippen LogP contribution in [0.1, 0.15) is 35.2 Å². The molecule has 186 valence electrons. The zero-order valence-corrected chi connectivity index (χ0v) is 20.3. The van der Waals surface area contributed by atoms with Crippen molar-refractivity contribution in [1.29, 1.82) is 0 Å². The van der Waals surface area contributed by atoms with E-state index in [-0.39, 0.29) is 16.8 Å². The smallest absolute Gasteiger partial charge is 0.300 e. The number of aryl methyl sites for hydroxylation is 2. The number of amides is 1. The van der Waals surface area contributed by atoms with E-state index in [0.29, 0.717) is 23.7 Å². The van der Waals surface area contributed by atoms with Gasteiger partial charge in [-0.1, -0.05) is 18.2 Å². The molecule has 1 heterocycles. The number of ether oxygens (including phenoxy) is 2. The Labute approximate surface area is 207 Å². The Morgan fingerprint density at radius 2 is 1.78 bits per heavy atom. The molecule has 0 aliphatic carbocycles. The minimum Gasteiger partial charge on any atom is -0.507 e. The lowest BCUT2D eigenvalue weighted by Gasteiger charge is -2.26. The molecule has 1 saturated heterocycles. The van der Waals surface area contributed by atoms with Crippen LogP contribution < -0.4 is 14.4 Å². The molecule has 1 unspecified atom stereocenters. The third kappa shape index (κ3) is 4.30. The molecule has 1 fully saturated rings. The molecule has 1 aliphatic heterocycles. The third-order valence-electron chi connectivity index (χ3n) is 5.99. The molecule has 0 radical (unpaired) electrons. The average molecular weight is 494 g/mol. The van der Waals surface area contributed by atoms with Crippen molar-refractivity contribution in [2.75, 3.05) is 18.6 Å². The van der Waals surface area contributed by atoms with Crippen molar-refractivity contribution in [3.05, 3.63) is 94.1 Å². The highest BCUT2D eigenvalue weighted by Crippen LogP contribution is 2.44. The molecule has 6 nitrogen and oxygen atoms in total. The van der Waals surface area contributed by atoms with Gasteiger partial charge >= 0.3 is 0 Å². The molecule has 1 N–H and O–H groups in total. The maximum absolute atomic E-state index is 14.2. The van der Waals surface area contributed by atoms with Crippen LogP contribution in [-0.4, -0.2) is 30.5 Å². The lowest BCUT2D eigenvalue weighted by Crippen LogP contribution is -2.29. The number of anilines is 1. The second-order valence-electron chi connectivity index (χ2n) is 8.44. The number of Topliss-reactive ketones (excluding diaryl/α,β-unsaturated/α-hetero) is 1. The van der Waals surface area contributed by atoms with Gasteiger partial charge in [0.15, 0.2) is 11.6 Å². The summed E-state index contributed by atoms with van der Waals surface area (Å²) >= 11 is 0. The highest BCUT2D eigenvalue weighted by Gasteiger charge is 2.47. The van der Waals surface area contributed by atoms with Gasteiger partial charge in [-0.15, -0.1) is 0 Å². The number of ketones is 1. The monoisotopic (exact) mass is 493 g/mol. The first-order valence-electron chi connectivity index (χ1n) is 11.3. The fourth-order valence-corrected chi connectivity index (χ4v) is 4.54. The molecular formula is C28H25F2NO5. The largest absolute Gasteiger partial charge is 0.507 e. The first kappa shape index (κ1) is 24.9. The summed E-state index contributed by atoms with van der Waals surface area (Å²) in [5.41, 5.74) is 1.97. The van der Waals surface area contributed by atoms with Crippen molar-refractivity contribution >= 4 is 23.1 Å². The number of methoxy groups -OCH3 is 1. The van der Waals surface area contributed by atoms with Gasteiger partial charge in [-0.25, -0.2) is 8.78 Å². The summed E-state index contributed by atoms with van der Waals surface area (Å²) in [5.74, 6) is -3.83. The zero-order valence-electron chi connectivity index (χ0n) is 20.3. The topological polar surface area (TPSA) is 76.1 Å². The number of hydrogen-bond acceptors (Lipinski definition) is 5. The maximum atomic E-state index is 14.2. The number of hydrogen-bond donors (Lipinski definition) is 1. The normalized spacial score (nSPS) is 16.9. The van der Waals surface area contributed by atoms with Crippen LogP contribution in [0.15, 0.2) is 60.2 Å². The van der Waals surface area contributed by atoms with Crippen LogP contribution >= 0.6 is 0 Å². The van der Waals surface area contributed by atoms with Gasteiger partial charge in [0.1, 0.15) is 17.3 Å². The van der Waals surface area contributed by atoms with Gasteiger partial charge in [-0.2, -0.15) is 0 Å². The van der Waals surface area contributed by atoms with Gasteiger partial charge in [-0.3, -0.25) is 14.5 Å². The van der Waals surface area contributed by atoms with E-state index >= 15 is 0 Å². The summed E-state index contributed by atoms with van der Waals surface area (Å²) in [6.45, 7) is 5.82. The van der Waals surface area contributed by atoms with Crippen molar-refractivity contribution in [3.63, 3.8) is 0 Å². The quantitative estimate of drug-likeness (QED) is 0.274. The van der Waals surface area contributed by atoms with Crippen molar-refractivity contribution in [2.45, 2.75) is 26.8 Å². The highest BCUT2D eigenvalue weighted by molar-refractivity contribution is 6.51. The Balaban J connectivity index is 2.01. The summed E-state index contributed by atoms with van der Waals surface area (Å²) in [7, 11) is 1.44. The number of halogens is 2. The predicted octanol–water partition coefficient (Wildman–Crippen LogP) is 5.62. The first-order chi connectivity index (χ1) is 17.2. The van der Waals surface area contributed by atoms with E-state index < -0.39 is 35.1 Å². The number of rotatable bonds is 6. The third-order valence-corrected chi connectivity index (χ3v) is 5.99. The average Bonchev–Trinajstić information content (AvgIpc) is 3.11. The van der Waals surface area contributed by atoms with E-state index in [1.807, 2.05) is 19.9 Å². The molecule has 3 aromatic carbocycles. The van der Waals surface area contributed by atoms with E-state index in [1.54, 1.807) is 37.3 Å². The molecule has 8 heteroatoms. The van der Waals surface area contributed by atoms with Gasteiger partial charge in [0.05, 0.1) is 30.9 Å². The van der Waals surface area contributed by atoms with Crippen molar-refractivity contribution < 1.29 is 33.0 Å². The Bertz CT molecular complexity index is 1400. The lowest BCUT2D eigenvalue weighted by atomic mass is 9.93. The molecule has 36 heavy (non-hydrogen) atoms. The number of nitrogens with zero attached hydrogens (tertiary/aromatic N) is 1. The molecule has 1 amide bonds. The molecule has 3 aromatic rings. The molecule has 0 spiro atoms. The van der Waals surface area contributed by atoms with Crippen molar-refractivity contribution in [3.8, 4) is 11.5 Å². The van der Waals surface area contributed by atoms with Crippen LogP contribution in [0.3, 0.4) is 0 Å². The predicted molar refractivity (Wildman–Crippen MR) is 131 cm³/mol. The molecular weight excluding hydrogens is 468 g/mol. The standard InChI is InChI=1S/C28H25F2NO5/c1-5-36-19-8-6-7-17(13-19)24-23(25(32)20-12-15(2)11-16(3)27(20)35-4)26(33)28(34)31(24)18-9-10-21(29)22(30)14-18/h6-14,24,32H,5H2,1-4H3/b25-23+. The Morgan fingerprint density at radius 1 is 1.03 bits per heavy atom. The fraction of sp³-hybridized carbons (Fsp3) is 0.214.